The standard InChI is InChI=1S/C29H23I2N3O7S/c1-5-40-28(36)24-15(3)32-29-33(27(35)23(42-29)12-16-10-19(30)26(39-4)20(31)11-16)25(24)22-9-8-21(41-22)18-13-17(34(37)38)7-6-14(18)2/h6-13,25H,5H2,1-4H3/b23-12-/t25-/m0/s1. The van der Waals surface area contributed by atoms with Gasteiger partial charge in [-0.25, -0.2) is 9.79 Å². The van der Waals surface area contributed by atoms with Crippen LogP contribution in [0.5, 0.6) is 5.75 Å². The molecule has 0 radical (unpaired) electrons. The monoisotopic (exact) mass is 811 g/mol. The number of aryl methyl sites for hydroxylation is 1. The highest BCUT2D eigenvalue weighted by Gasteiger charge is 2.35. The molecular formula is C29H23I2N3O7S. The fraction of sp³-hybridized carbons (Fsp3) is 0.207. The molecule has 0 saturated carbocycles. The molecule has 1 aliphatic rings. The van der Waals surface area contributed by atoms with Crippen molar-refractivity contribution in [3.63, 3.8) is 0 Å². The highest BCUT2D eigenvalue weighted by atomic mass is 127. The second-order valence-electron chi connectivity index (χ2n) is 9.28. The van der Waals surface area contributed by atoms with Gasteiger partial charge in [-0.1, -0.05) is 17.4 Å². The van der Waals surface area contributed by atoms with Gasteiger partial charge in [0.25, 0.3) is 11.2 Å². The molecule has 2 aromatic carbocycles. The first-order valence-electron chi connectivity index (χ1n) is 12.6. The Bertz CT molecular complexity index is 1950. The van der Waals surface area contributed by atoms with E-state index in [-0.39, 0.29) is 23.4 Å². The first-order valence-corrected chi connectivity index (χ1v) is 15.6. The van der Waals surface area contributed by atoms with E-state index in [9.17, 15) is 19.7 Å². The van der Waals surface area contributed by atoms with Gasteiger partial charge in [-0.3, -0.25) is 19.5 Å². The maximum atomic E-state index is 13.9. The molecule has 216 valence electrons. The van der Waals surface area contributed by atoms with Crippen LogP contribution in [-0.4, -0.2) is 29.2 Å². The number of furan rings is 1. The number of ether oxygens (including phenoxy) is 2. The number of allylic oxidation sites excluding steroid dienone is 1. The number of thiazole rings is 1. The number of fused-ring (bicyclic) bond motifs is 1. The minimum atomic E-state index is -0.952. The average molecular weight is 811 g/mol. The maximum absolute atomic E-state index is 13.9. The molecule has 0 unspecified atom stereocenters. The lowest BCUT2D eigenvalue weighted by Crippen LogP contribution is -2.39. The van der Waals surface area contributed by atoms with Crippen LogP contribution in [0.25, 0.3) is 17.4 Å². The summed E-state index contributed by atoms with van der Waals surface area (Å²) in [4.78, 5) is 43.1. The van der Waals surface area contributed by atoms with E-state index in [1.807, 2.05) is 19.1 Å². The summed E-state index contributed by atoms with van der Waals surface area (Å²) in [6, 6.07) is 10.8. The van der Waals surface area contributed by atoms with Crippen molar-refractivity contribution in [3.8, 4) is 17.1 Å². The van der Waals surface area contributed by atoms with E-state index >= 15 is 0 Å². The van der Waals surface area contributed by atoms with Gasteiger partial charge in [0.1, 0.15) is 23.3 Å². The molecule has 1 aliphatic heterocycles. The fourth-order valence-electron chi connectivity index (χ4n) is 4.70. The number of halogens is 2. The molecule has 1 atom stereocenters. The Balaban J connectivity index is 1.69. The van der Waals surface area contributed by atoms with E-state index < -0.39 is 16.9 Å². The van der Waals surface area contributed by atoms with Gasteiger partial charge < -0.3 is 13.9 Å². The van der Waals surface area contributed by atoms with Crippen LogP contribution in [0.15, 0.2) is 67.9 Å². The number of aromatic nitrogens is 1. The highest BCUT2D eigenvalue weighted by Crippen LogP contribution is 2.36. The number of rotatable bonds is 7. The third-order valence-corrected chi connectivity index (χ3v) is 9.22. The molecule has 42 heavy (non-hydrogen) atoms. The third-order valence-electron chi connectivity index (χ3n) is 6.63. The smallest absolute Gasteiger partial charge is 0.338 e. The lowest BCUT2D eigenvalue weighted by molar-refractivity contribution is -0.384. The Morgan fingerprint density at radius 2 is 1.90 bits per heavy atom. The lowest BCUT2D eigenvalue weighted by atomic mass is 10.0. The van der Waals surface area contributed by atoms with E-state index in [2.05, 4.69) is 50.2 Å². The SMILES string of the molecule is CCOC(=O)C1=C(C)N=c2s/c(=C\c3cc(I)c(OC)c(I)c3)c(=O)n2[C@H]1c1ccc(-c2cc([N+](=O)[O-])ccc2C)o1. The number of non-ortho nitro benzene ring substituents is 1. The van der Waals surface area contributed by atoms with Crippen molar-refractivity contribution in [2.75, 3.05) is 13.7 Å². The normalized spacial score (nSPS) is 14.9. The summed E-state index contributed by atoms with van der Waals surface area (Å²) in [6.07, 6.45) is 1.79. The molecule has 0 aliphatic carbocycles. The summed E-state index contributed by atoms with van der Waals surface area (Å²) >= 11 is 5.59. The zero-order chi connectivity index (χ0) is 30.3. The quantitative estimate of drug-likeness (QED) is 0.105. The number of carbonyl (C=O) groups excluding carboxylic acids is 1. The number of carbonyl (C=O) groups is 1. The topological polar surface area (TPSA) is 126 Å². The molecule has 3 heterocycles. The number of hydrogen-bond acceptors (Lipinski definition) is 9. The molecule has 13 heteroatoms. The van der Waals surface area contributed by atoms with E-state index in [0.29, 0.717) is 32.1 Å². The summed E-state index contributed by atoms with van der Waals surface area (Å²) in [5.41, 5.74) is 2.28. The van der Waals surface area contributed by atoms with Gasteiger partial charge in [0.15, 0.2) is 4.80 Å². The molecule has 4 aromatic rings. The zero-order valence-electron chi connectivity index (χ0n) is 22.8. The average Bonchev–Trinajstić information content (AvgIpc) is 3.53. The van der Waals surface area contributed by atoms with Crippen LogP contribution in [0.4, 0.5) is 5.69 Å². The van der Waals surface area contributed by atoms with Crippen molar-refractivity contribution in [1.29, 1.82) is 0 Å². The first-order chi connectivity index (χ1) is 20.0. The Morgan fingerprint density at radius 3 is 2.55 bits per heavy atom. The van der Waals surface area contributed by atoms with Crippen LogP contribution in [0.3, 0.4) is 0 Å². The predicted molar refractivity (Wildman–Crippen MR) is 174 cm³/mol. The third kappa shape index (κ3) is 5.56. The second-order valence-corrected chi connectivity index (χ2v) is 12.6. The fourth-order valence-corrected chi connectivity index (χ4v) is 8.01. The lowest BCUT2D eigenvalue weighted by Gasteiger charge is -2.22. The Labute approximate surface area is 270 Å². The minimum Gasteiger partial charge on any atom is -0.495 e. The highest BCUT2D eigenvalue weighted by molar-refractivity contribution is 14.1. The first kappa shape index (κ1) is 30.2. The Kier molecular flexibility index (Phi) is 8.71. The van der Waals surface area contributed by atoms with Gasteiger partial charge in [-0.15, -0.1) is 0 Å². The number of hydrogen-bond donors (Lipinski definition) is 0. The number of esters is 1. The summed E-state index contributed by atoms with van der Waals surface area (Å²) in [5.74, 6) is 0.821. The molecule has 5 rings (SSSR count). The largest absolute Gasteiger partial charge is 0.495 e. The van der Waals surface area contributed by atoms with E-state index in [1.54, 1.807) is 45.2 Å². The molecule has 0 fully saturated rings. The zero-order valence-corrected chi connectivity index (χ0v) is 27.9. The van der Waals surface area contributed by atoms with Crippen molar-refractivity contribution in [1.82, 2.24) is 4.57 Å². The van der Waals surface area contributed by atoms with Crippen LogP contribution in [0.1, 0.15) is 36.8 Å². The molecule has 0 amide bonds. The molecule has 0 saturated heterocycles. The van der Waals surface area contributed by atoms with Crippen molar-refractivity contribution in [2.45, 2.75) is 26.8 Å². The second kappa shape index (κ2) is 12.1. The summed E-state index contributed by atoms with van der Waals surface area (Å²) < 4.78 is 20.7. The maximum Gasteiger partial charge on any atom is 0.338 e. The van der Waals surface area contributed by atoms with Gasteiger partial charge in [0.05, 0.1) is 41.6 Å². The van der Waals surface area contributed by atoms with Gasteiger partial charge in [0, 0.05) is 17.7 Å². The number of nitrogens with zero attached hydrogens (tertiary/aromatic N) is 3. The summed E-state index contributed by atoms with van der Waals surface area (Å²) in [7, 11) is 1.61. The van der Waals surface area contributed by atoms with Crippen LogP contribution < -0.4 is 19.6 Å². The number of nitro groups is 1. The van der Waals surface area contributed by atoms with E-state index in [0.717, 1.165) is 24.0 Å². The molecule has 2 aromatic heterocycles. The van der Waals surface area contributed by atoms with Gasteiger partial charge in [-0.05, 0) is 107 Å². The molecule has 10 nitrogen and oxygen atoms in total. The Hall–Kier alpha value is -3.31. The van der Waals surface area contributed by atoms with Crippen molar-refractivity contribution >= 4 is 74.3 Å². The number of benzene rings is 2. The van der Waals surface area contributed by atoms with Crippen LogP contribution >= 0.6 is 56.5 Å². The summed E-state index contributed by atoms with van der Waals surface area (Å²) in [6.45, 7) is 5.35. The van der Waals surface area contributed by atoms with Crippen LogP contribution in [-0.2, 0) is 9.53 Å². The van der Waals surface area contributed by atoms with Gasteiger partial charge in [-0.2, -0.15) is 0 Å². The van der Waals surface area contributed by atoms with Gasteiger partial charge in [0.2, 0.25) is 0 Å². The van der Waals surface area contributed by atoms with E-state index in [1.165, 1.54) is 28.0 Å². The summed E-state index contributed by atoms with van der Waals surface area (Å²) in [5, 5.41) is 11.4. The van der Waals surface area contributed by atoms with Crippen molar-refractivity contribution in [2.24, 2.45) is 4.99 Å². The van der Waals surface area contributed by atoms with Crippen LogP contribution in [0, 0.1) is 24.2 Å². The molecule has 0 bridgehead atoms. The van der Waals surface area contributed by atoms with Crippen molar-refractivity contribution in [3.05, 3.63) is 108 Å². The number of methoxy groups -OCH3 is 1. The van der Waals surface area contributed by atoms with E-state index in [4.69, 9.17) is 13.9 Å². The molecule has 0 spiro atoms. The van der Waals surface area contributed by atoms with Crippen LogP contribution in [0.2, 0.25) is 0 Å². The minimum absolute atomic E-state index is 0.0765. The number of nitro benzene ring substituents is 1. The predicted octanol–water partition coefficient (Wildman–Crippen LogP) is 5.49. The molecule has 0 N–H and O–H groups in total. The van der Waals surface area contributed by atoms with Crippen molar-refractivity contribution < 1.29 is 23.6 Å². The molecular weight excluding hydrogens is 788 g/mol. The van der Waals surface area contributed by atoms with Gasteiger partial charge >= 0.3 is 5.97 Å². The Morgan fingerprint density at radius 1 is 1.19 bits per heavy atom.